The minimum Gasteiger partial charge on any atom is -0.346 e. The lowest BCUT2D eigenvalue weighted by Crippen LogP contribution is -2.23. The fraction of sp³-hybridized carbons (Fsp3) is 0.462. The minimum atomic E-state index is 0.568. The van der Waals surface area contributed by atoms with Crippen LogP contribution in [0.2, 0.25) is 5.15 Å². The molecule has 1 aliphatic heterocycles. The molecule has 0 aromatic carbocycles. The molecule has 3 heterocycles. The van der Waals surface area contributed by atoms with E-state index in [0.717, 1.165) is 18.5 Å². The van der Waals surface area contributed by atoms with Crippen LogP contribution in [-0.4, -0.2) is 34.1 Å². The smallest absolute Gasteiger partial charge is 0.131 e. The lowest BCUT2D eigenvalue weighted by molar-refractivity contribution is 0.324. The Labute approximate surface area is 106 Å². The Morgan fingerprint density at radius 2 is 2.06 bits per heavy atom. The van der Waals surface area contributed by atoms with Crippen molar-refractivity contribution in [2.75, 3.05) is 19.6 Å². The fourth-order valence-electron chi connectivity index (χ4n) is 2.51. The molecule has 1 saturated heterocycles. The first-order chi connectivity index (χ1) is 8.33. The Balaban J connectivity index is 1.77. The first-order valence-electron chi connectivity index (χ1n) is 6.16. The van der Waals surface area contributed by atoms with Crippen molar-refractivity contribution < 1.29 is 0 Å². The van der Waals surface area contributed by atoms with E-state index in [9.17, 15) is 0 Å². The standard InChI is InChI=1S/C13H16ClN3/c14-13-9-12-11(10-15-13)3-6-17(12)8-7-16-4-1-2-5-16/h3,6,9-10H,1-2,4-5,7-8H2. The molecule has 1 fully saturated rings. The predicted molar refractivity (Wildman–Crippen MR) is 70.4 cm³/mol. The van der Waals surface area contributed by atoms with Gasteiger partial charge >= 0.3 is 0 Å². The molecule has 0 amide bonds. The first kappa shape index (κ1) is 11.1. The number of hydrogen-bond donors (Lipinski definition) is 0. The van der Waals surface area contributed by atoms with Crippen LogP contribution in [-0.2, 0) is 6.54 Å². The van der Waals surface area contributed by atoms with Crippen molar-refractivity contribution in [1.29, 1.82) is 0 Å². The maximum Gasteiger partial charge on any atom is 0.131 e. The van der Waals surface area contributed by atoms with Gasteiger partial charge in [-0.1, -0.05) is 11.6 Å². The molecule has 0 saturated carbocycles. The van der Waals surface area contributed by atoms with Gasteiger partial charge in [0.2, 0.25) is 0 Å². The number of likely N-dealkylation sites (tertiary alicyclic amines) is 1. The third-order valence-corrected chi connectivity index (χ3v) is 3.68. The van der Waals surface area contributed by atoms with Crippen molar-refractivity contribution in [2.24, 2.45) is 0 Å². The highest BCUT2D eigenvalue weighted by Crippen LogP contribution is 2.18. The van der Waals surface area contributed by atoms with Crippen LogP contribution in [0.25, 0.3) is 10.9 Å². The van der Waals surface area contributed by atoms with Crippen LogP contribution >= 0.6 is 11.6 Å². The van der Waals surface area contributed by atoms with Crippen molar-refractivity contribution >= 4 is 22.5 Å². The molecular weight excluding hydrogens is 234 g/mol. The summed E-state index contributed by atoms with van der Waals surface area (Å²) < 4.78 is 2.27. The molecule has 0 N–H and O–H groups in total. The Morgan fingerprint density at radius 1 is 1.24 bits per heavy atom. The van der Waals surface area contributed by atoms with E-state index in [2.05, 4.69) is 26.7 Å². The summed E-state index contributed by atoms with van der Waals surface area (Å²) in [6, 6.07) is 4.05. The van der Waals surface area contributed by atoms with Gasteiger partial charge in [0.05, 0.1) is 5.52 Å². The summed E-state index contributed by atoms with van der Waals surface area (Å²) in [4.78, 5) is 6.62. The molecule has 0 atom stereocenters. The molecule has 3 rings (SSSR count). The molecule has 0 aliphatic carbocycles. The van der Waals surface area contributed by atoms with Gasteiger partial charge in [-0.15, -0.1) is 0 Å². The highest BCUT2D eigenvalue weighted by molar-refractivity contribution is 6.30. The maximum absolute atomic E-state index is 5.94. The van der Waals surface area contributed by atoms with Crippen LogP contribution in [0.4, 0.5) is 0 Å². The molecule has 90 valence electrons. The fourth-order valence-corrected chi connectivity index (χ4v) is 2.66. The van der Waals surface area contributed by atoms with Gasteiger partial charge in [0, 0.05) is 30.9 Å². The van der Waals surface area contributed by atoms with E-state index in [1.165, 1.54) is 31.4 Å². The molecule has 0 radical (unpaired) electrons. The molecule has 3 nitrogen and oxygen atoms in total. The second kappa shape index (κ2) is 4.67. The predicted octanol–water partition coefficient (Wildman–Crippen LogP) is 2.79. The number of halogens is 1. The lowest BCUT2D eigenvalue weighted by Gasteiger charge is -2.15. The summed E-state index contributed by atoms with van der Waals surface area (Å²) in [6.45, 7) is 4.66. The van der Waals surface area contributed by atoms with Gasteiger partial charge in [-0.05, 0) is 38.1 Å². The van der Waals surface area contributed by atoms with Crippen molar-refractivity contribution in [3.63, 3.8) is 0 Å². The number of rotatable bonds is 3. The zero-order valence-corrected chi connectivity index (χ0v) is 10.5. The van der Waals surface area contributed by atoms with E-state index in [4.69, 9.17) is 11.6 Å². The molecule has 2 aromatic heterocycles. The van der Waals surface area contributed by atoms with Gasteiger partial charge < -0.3 is 9.47 Å². The highest BCUT2D eigenvalue weighted by Gasteiger charge is 2.11. The van der Waals surface area contributed by atoms with E-state index in [1.54, 1.807) is 0 Å². The summed E-state index contributed by atoms with van der Waals surface area (Å²) >= 11 is 5.94. The summed E-state index contributed by atoms with van der Waals surface area (Å²) in [5, 5.41) is 1.73. The molecule has 4 heteroatoms. The van der Waals surface area contributed by atoms with Gasteiger partial charge in [-0.3, -0.25) is 0 Å². The number of nitrogens with zero attached hydrogens (tertiary/aromatic N) is 3. The van der Waals surface area contributed by atoms with Crippen molar-refractivity contribution in [3.05, 3.63) is 29.7 Å². The van der Waals surface area contributed by atoms with Crippen LogP contribution < -0.4 is 0 Å². The van der Waals surface area contributed by atoms with Gasteiger partial charge in [-0.25, -0.2) is 4.98 Å². The van der Waals surface area contributed by atoms with Crippen LogP contribution in [0.3, 0.4) is 0 Å². The first-order valence-corrected chi connectivity index (χ1v) is 6.53. The van der Waals surface area contributed by atoms with E-state index in [-0.39, 0.29) is 0 Å². The quantitative estimate of drug-likeness (QED) is 0.780. The summed E-state index contributed by atoms with van der Waals surface area (Å²) in [5.74, 6) is 0. The number of aromatic nitrogens is 2. The monoisotopic (exact) mass is 249 g/mol. The summed E-state index contributed by atoms with van der Waals surface area (Å²) in [7, 11) is 0. The highest BCUT2D eigenvalue weighted by atomic mass is 35.5. The number of pyridine rings is 1. The molecule has 0 bridgehead atoms. The summed E-state index contributed by atoms with van der Waals surface area (Å²) in [5.41, 5.74) is 1.18. The van der Waals surface area contributed by atoms with Crippen molar-refractivity contribution in [1.82, 2.24) is 14.5 Å². The van der Waals surface area contributed by atoms with Gasteiger partial charge in [-0.2, -0.15) is 0 Å². The van der Waals surface area contributed by atoms with Crippen LogP contribution in [0.15, 0.2) is 24.5 Å². The largest absolute Gasteiger partial charge is 0.346 e. The minimum absolute atomic E-state index is 0.568. The molecule has 2 aromatic rings. The van der Waals surface area contributed by atoms with Crippen molar-refractivity contribution in [2.45, 2.75) is 19.4 Å². The van der Waals surface area contributed by atoms with E-state index < -0.39 is 0 Å². The SMILES string of the molecule is Clc1cc2c(ccn2CCN2CCCC2)cn1. The Bertz CT molecular complexity index is 514. The number of hydrogen-bond acceptors (Lipinski definition) is 2. The average Bonchev–Trinajstić information content (AvgIpc) is 2.94. The molecule has 0 spiro atoms. The zero-order chi connectivity index (χ0) is 11.7. The molecular formula is C13H16ClN3. The average molecular weight is 250 g/mol. The van der Waals surface area contributed by atoms with Crippen LogP contribution in [0, 0.1) is 0 Å². The second-order valence-electron chi connectivity index (χ2n) is 4.62. The van der Waals surface area contributed by atoms with Crippen LogP contribution in [0.1, 0.15) is 12.8 Å². The third-order valence-electron chi connectivity index (χ3n) is 3.48. The maximum atomic E-state index is 5.94. The Hall–Kier alpha value is -1.06. The third kappa shape index (κ3) is 2.31. The van der Waals surface area contributed by atoms with E-state index >= 15 is 0 Å². The molecule has 1 aliphatic rings. The van der Waals surface area contributed by atoms with Crippen LogP contribution in [0.5, 0.6) is 0 Å². The second-order valence-corrected chi connectivity index (χ2v) is 5.01. The Kier molecular flexibility index (Phi) is 3.04. The van der Waals surface area contributed by atoms with E-state index in [1.807, 2.05) is 12.3 Å². The molecule has 17 heavy (non-hydrogen) atoms. The van der Waals surface area contributed by atoms with E-state index in [0.29, 0.717) is 5.15 Å². The van der Waals surface area contributed by atoms with Gasteiger partial charge in [0.1, 0.15) is 5.15 Å². The Morgan fingerprint density at radius 3 is 2.88 bits per heavy atom. The van der Waals surface area contributed by atoms with Crippen molar-refractivity contribution in [3.8, 4) is 0 Å². The lowest BCUT2D eigenvalue weighted by atomic mass is 10.3. The van der Waals surface area contributed by atoms with Gasteiger partial charge in [0.15, 0.2) is 0 Å². The number of fused-ring (bicyclic) bond motifs is 1. The molecule has 0 unspecified atom stereocenters. The zero-order valence-electron chi connectivity index (χ0n) is 9.77. The normalized spacial score (nSPS) is 17.0. The van der Waals surface area contributed by atoms with Gasteiger partial charge in [0.25, 0.3) is 0 Å². The summed E-state index contributed by atoms with van der Waals surface area (Å²) in [6.07, 6.45) is 6.66. The topological polar surface area (TPSA) is 21.1 Å².